The van der Waals surface area contributed by atoms with Crippen molar-refractivity contribution in [2.45, 2.75) is 50.8 Å². The van der Waals surface area contributed by atoms with Gasteiger partial charge in [0.1, 0.15) is 6.61 Å². The van der Waals surface area contributed by atoms with Gasteiger partial charge >= 0.3 is 6.09 Å². The number of nitrogens with zero attached hydrogens (tertiary/aromatic N) is 1. The van der Waals surface area contributed by atoms with Crippen LogP contribution in [0, 0.1) is 5.92 Å². The molecule has 1 saturated heterocycles. The van der Waals surface area contributed by atoms with Crippen LogP contribution in [0.25, 0.3) is 6.08 Å². The molecule has 4 atom stereocenters. The lowest BCUT2D eigenvalue weighted by atomic mass is 9.94. The molecule has 1 aliphatic heterocycles. The van der Waals surface area contributed by atoms with E-state index in [1.807, 2.05) is 42.5 Å². The highest BCUT2D eigenvalue weighted by atomic mass is 31.0. The average Bonchev–Trinajstić information content (AvgIpc) is 3.38. The molecule has 1 aliphatic rings. The number of aliphatic hydroxyl groups excluding tert-OH is 1. The van der Waals surface area contributed by atoms with Crippen LogP contribution in [0.1, 0.15) is 39.2 Å². The first-order chi connectivity index (χ1) is 20.2. The number of carbonyl (C=O) groups is 2. The molecule has 0 aliphatic carbocycles. The number of cyclic esters (lactones) is 1. The number of benzene rings is 3. The molecule has 1 unspecified atom stereocenters. The van der Waals surface area contributed by atoms with E-state index in [9.17, 15) is 14.7 Å². The third-order valence-electron chi connectivity index (χ3n) is 7.88. The molecular weight excluding hydrogens is 561 g/mol. The largest absolute Gasteiger partial charge is 0.447 e. The number of hydrogen-bond donors (Lipinski definition) is 1. The van der Waals surface area contributed by atoms with E-state index >= 15 is 0 Å². The summed E-state index contributed by atoms with van der Waals surface area (Å²) in [7, 11) is -0.162. The second kappa shape index (κ2) is 14.4. The molecule has 0 spiro atoms. The Kier molecular flexibility index (Phi) is 10.9. The van der Waals surface area contributed by atoms with Gasteiger partial charge in [-0.15, -0.1) is 9.24 Å². The molecule has 6 nitrogen and oxygen atoms in total. The second-order valence-corrected chi connectivity index (χ2v) is 16.5. The Morgan fingerprint density at radius 2 is 1.57 bits per heavy atom. The van der Waals surface area contributed by atoms with E-state index < -0.39 is 32.3 Å². The number of amides is 2. The third kappa shape index (κ3) is 7.09. The fourth-order valence-corrected chi connectivity index (χ4v) is 10.7. The first-order valence-corrected chi connectivity index (χ1v) is 17.3. The smallest absolute Gasteiger partial charge is 0.416 e. The van der Waals surface area contributed by atoms with Crippen LogP contribution in [0.15, 0.2) is 97.1 Å². The minimum atomic E-state index is -2.74. The molecule has 1 heterocycles. The summed E-state index contributed by atoms with van der Waals surface area (Å²) in [5, 5.41) is 13.5. The van der Waals surface area contributed by atoms with Crippen molar-refractivity contribution in [3.05, 3.63) is 103 Å². The fourth-order valence-electron chi connectivity index (χ4n) is 5.72. The van der Waals surface area contributed by atoms with Gasteiger partial charge in [-0.2, -0.15) is 0 Å². The van der Waals surface area contributed by atoms with Gasteiger partial charge in [-0.1, -0.05) is 124 Å². The van der Waals surface area contributed by atoms with Gasteiger partial charge in [0, 0.05) is 6.61 Å². The monoisotopic (exact) mass is 603 g/mol. The van der Waals surface area contributed by atoms with Gasteiger partial charge in [-0.05, 0) is 40.0 Å². The van der Waals surface area contributed by atoms with Crippen molar-refractivity contribution in [2.75, 3.05) is 19.4 Å². The fraction of sp³-hybridized carbons (Fsp3) is 0.353. The van der Waals surface area contributed by atoms with E-state index in [-0.39, 0.29) is 17.7 Å². The predicted octanol–water partition coefficient (Wildman–Crippen LogP) is 5.26. The lowest BCUT2D eigenvalue weighted by molar-refractivity contribution is -0.136. The topological polar surface area (TPSA) is 76.1 Å². The highest BCUT2D eigenvalue weighted by Gasteiger charge is 2.50. The summed E-state index contributed by atoms with van der Waals surface area (Å²) >= 11 is 0. The highest BCUT2D eigenvalue weighted by Crippen LogP contribution is 2.37. The van der Waals surface area contributed by atoms with Crippen LogP contribution in [0.4, 0.5) is 4.79 Å². The zero-order chi connectivity index (χ0) is 30.2. The van der Waals surface area contributed by atoms with Crippen LogP contribution in [0.2, 0.25) is 5.04 Å². The molecule has 4 rings (SSSR count). The van der Waals surface area contributed by atoms with Gasteiger partial charge in [-0.3, -0.25) is 4.79 Å². The SMILES string of the molecule is CC(C)(C)[Si](OCCC[C@@H](C(=O)N1C(=O)OC[C@H]1CP)[C@@H](O)/C=C\c1ccccc1)(c1ccccc1)c1ccccc1. The van der Waals surface area contributed by atoms with Gasteiger partial charge in [0.05, 0.1) is 18.1 Å². The first-order valence-electron chi connectivity index (χ1n) is 14.5. The van der Waals surface area contributed by atoms with Crippen LogP contribution in [0.5, 0.6) is 0 Å². The molecule has 0 aromatic heterocycles. The summed E-state index contributed by atoms with van der Waals surface area (Å²) in [6.07, 6.45) is 3.11. The highest BCUT2D eigenvalue weighted by molar-refractivity contribution is 7.16. The van der Waals surface area contributed by atoms with Gasteiger partial charge in [-0.25, -0.2) is 9.69 Å². The second-order valence-electron chi connectivity index (χ2n) is 11.7. The molecule has 0 bridgehead atoms. The van der Waals surface area contributed by atoms with Crippen molar-refractivity contribution in [1.82, 2.24) is 4.90 Å². The Morgan fingerprint density at radius 3 is 2.10 bits per heavy atom. The number of ether oxygens (including phenoxy) is 1. The summed E-state index contributed by atoms with van der Waals surface area (Å²) in [6.45, 7) is 7.25. The predicted molar refractivity (Wildman–Crippen MR) is 174 cm³/mol. The number of rotatable bonds is 12. The molecule has 42 heavy (non-hydrogen) atoms. The van der Waals surface area contributed by atoms with Crippen molar-refractivity contribution in [3.8, 4) is 0 Å². The van der Waals surface area contributed by atoms with Crippen molar-refractivity contribution in [3.63, 3.8) is 0 Å². The van der Waals surface area contributed by atoms with Crippen LogP contribution in [-0.4, -0.2) is 61.8 Å². The zero-order valence-electron chi connectivity index (χ0n) is 24.7. The summed E-state index contributed by atoms with van der Waals surface area (Å²) in [5.74, 6) is -1.24. The molecule has 222 valence electrons. The Balaban J connectivity index is 1.58. The molecule has 3 aromatic carbocycles. The maximum atomic E-state index is 13.8. The van der Waals surface area contributed by atoms with Crippen LogP contribution < -0.4 is 10.4 Å². The van der Waals surface area contributed by atoms with Crippen molar-refractivity contribution in [1.29, 1.82) is 0 Å². The van der Waals surface area contributed by atoms with Crippen molar-refractivity contribution in [2.24, 2.45) is 5.92 Å². The minimum Gasteiger partial charge on any atom is -0.447 e. The summed E-state index contributed by atoms with van der Waals surface area (Å²) < 4.78 is 12.2. The van der Waals surface area contributed by atoms with Crippen LogP contribution >= 0.6 is 9.24 Å². The molecule has 2 amide bonds. The number of aliphatic hydroxyl groups is 1. The average molecular weight is 604 g/mol. The van der Waals surface area contributed by atoms with E-state index in [1.165, 1.54) is 15.3 Å². The zero-order valence-corrected chi connectivity index (χ0v) is 26.8. The summed E-state index contributed by atoms with van der Waals surface area (Å²) in [6, 6.07) is 30.1. The lowest BCUT2D eigenvalue weighted by Gasteiger charge is -2.43. The Morgan fingerprint density at radius 1 is 1.02 bits per heavy atom. The van der Waals surface area contributed by atoms with E-state index in [2.05, 4.69) is 78.5 Å². The van der Waals surface area contributed by atoms with Crippen molar-refractivity contribution >= 4 is 46.0 Å². The van der Waals surface area contributed by atoms with E-state index in [0.717, 1.165) is 5.56 Å². The molecule has 0 radical (unpaired) electrons. The summed E-state index contributed by atoms with van der Waals surface area (Å²) in [5.41, 5.74) is 0.918. The van der Waals surface area contributed by atoms with Crippen LogP contribution in [0.3, 0.4) is 0 Å². The van der Waals surface area contributed by atoms with Gasteiger partial charge in [0.25, 0.3) is 8.32 Å². The van der Waals surface area contributed by atoms with E-state index in [0.29, 0.717) is 25.6 Å². The maximum absolute atomic E-state index is 13.8. The summed E-state index contributed by atoms with van der Waals surface area (Å²) in [4.78, 5) is 27.5. The lowest BCUT2D eigenvalue weighted by Crippen LogP contribution is -2.66. The van der Waals surface area contributed by atoms with Gasteiger partial charge in [0.2, 0.25) is 5.91 Å². The van der Waals surface area contributed by atoms with E-state index in [4.69, 9.17) is 9.16 Å². The quantitative estimate of drug-likeness (QED) is 0.174. The maximum Gasteiger partial charge on any atom is 0.416 e. The van der Waals surface area contributed by atoms with E-state index in [1.54, 1.807) is 12.2 Å². The van der Waals surface area contributed by atoms with Gasteiger partial charge in [0.15, 0.2) is 0 Å². The van der Waals surface area contributed by atoms with Crippen molar-refractivity contribution < 1.29 is 23.9 Å². The molecule has 1 N–H and O–H groups in total. The standard InChI is InChI=1S/C34H42NO5PSi/c1-34(2,3)42(28-16-9-5-10-17-28,29-18-11-6-12-19-29)40-23-13-20-30(31(36)22-21-26-14-7-4-8-15-26)32(37)35-27(25-41)24-39-33(35)38/h4-12,14-19,21-22,27,30-31,36H,13,20,23-25,41H2,1-3H3/b22-21-/t27-,30+,31-/m0/s1. The number of carbonyl (C=O) groups excluding carboxylic acids is 2. The molecule has 8 heteroatoms. The molecule has 1 fully saturated rings. The van der Waals surface area contributed by atoms with Gasteiger partial charge < -0.3 is 14.3 Å². The Bertz CT molecular complexity index is 1290. The Hall–Kier alpha value is -3.09. The minimum absolute atomic E-state index is 0.160. The molecule has 3 aromatic rings. The number of hydrogen-bond acceptors (Lipinski definition) is 5. The third-order valence-corrected chi connectivity index (χ3v) is 13.5. The Labute approximate surface area is 253 Å². The number of imide groups is 1. The first kappa shape index (κ1) is 31.8. The molecule has 0 saturated carbocycles. The molecular formula is C34H42NO5PSi. The van der Waals surface area contributed by atoms with Crippen LogP contribution in [-0.2, 0) is 14.0 Å². The normalized spacial score (nSPS) is 17.3.